The van der Waals surface area contributed by atoms with Gasteiger partial charge in [-0.15, -0.1) is 0 Å². The molecule has 0 atom stereocenters. The van der Waals surface area contributed by atoms with Crippen molar-refractivity contribution in [2.24, 2.45) is 5.41 Å². The van der Waals surface area contributed by atoms with E-state index in [1.165, 1.54) is 0 Å². The monoisotopic (exact) mass is 192 g/mol. The van der Waals surface area contributed by atoms with Crippen molar-refractivity contribution in [3.63, 3.8) is 0 Å². The van der Waals surface area contributed by atoms with Gasteiger partial charge in [-0.3, -0.25) is 4.79 Å². The van der Waals surface area contributed by atoms with Gasteiger partial charge in [-0.25, -0.2) is 0 Å². The van der Waals surface area contributed by atoms with E-state index < -0.39 is 0 Å². The maximum Gasteiger partial charge on any atom is 0.184 e. The third kappa shape index (κ3) is 1.60. The predicted molar refractivity (Wildman–Crippen MR) is 55.3 cm³/mol. The van der Waals surface area contributed by atoms with E-state index in [0.29, 0.717) is 0 Å². The molecule has 0 spiro atoms. The summed E-state index contributed by atoms with van der Waals surface area (Å²) >= 11 is 0. The van der Waals surface area contributed by atoms with Gasteiger partial charge in [0.05, 0.1) is 5.69 Å². The van der Waals surface area contributed by atoms with E-state index in [-0.39, 0.29) is 11.2 Å². The van der Waals surface area contributed by atoms with Crippen molar-refractivity contribution < 1.29 is 4.79 Å². The number of aromatic amines is 1. The lowest BCUT2D eigenvalue weighted by Gasteiger charge is -2.32. The summed E-state index contributed by atoms with van der Waals surface area (Å²) in [7, 11) is 0. The summed E-state index contributed by atoms with van der Waals surface area (Å²) in [5.41, 5.74) is 0.574. The molecule has 1 aliphatic rings. The molecule has 1 fully saturated rings. The predicted octanol–water partition coefficient (Wildman–Crippen LogP) is 1.59. The smallest absolute Gasteiger partial charge is 0.184 e. The number of hydrogen-bond acceptors (Lipinski definition) is 2. The largest absolute Gasteiger partial charge is 0.359 e. The molecule has 1 aromatic rings. The van der Waals surface area contributed by atoms with Gasteiger partial charge in [0.1, 0.15) is 0 Å². The van der Waals surface area contributed by atoms with Gasteiger partial charge in [0.15, 0.2) is 5.78 Å². The molecule has 0 radical (unpaired) electrons. The van der Waals surface area contributed by atoms with Crippen LogP contribution in [-0.2, 0) is 0 Å². The Hall–Kier alpha value is -1.09. The number of Topliss-reactive ketones (excluding diaryl/α,β-unsaturated/α-hetero) is 1. The van der Waals surface area contributed by atoms with Gasteiger partial charge in [0.25, 0.3) is 0 Å². The first-order chi connectivity index (χ1) is 6.72. The third-order valence-corrected chi connectivity index (χ3v) is 3.10. The van der Waals surface area contributed by atoms with Gasteiger partial charge in [0, 0.05) is 11.6 Å². The van der Waals surface area contributed by atoms with Crippen LogP contribution >= 0.6 is 0 Å². The molecule has 0 aliphatic carbocycles. The molecule has 3 heteroatoms. The zero-order valence-electron chi connectivity index (χ0n) is 8.47. The number of hydrogen-bond donors (Lipinski definition) is 2. The first-order valence-corrected chi connectivity index (χ1v) is 5.11. The van der Waals surface area contributed by atoms with Crippen LogP contribution in [0, 0.1) is 5.41 Å². The highest BCUT2D eigenvalue weighted by atomic mass is 16.1. The first kappa shape index (κ1) is 9.46. The molecule has 0 bridgehead atoms. The van der Waals surface area contributed by atoms with Crippen LogP contribution in [0.2, 0.25) is 0 Å². The van der Waals surface area contributed by atoms with Gasteiger partial charge in [0.2, 0.25) is 0 Å². The molecule has 0 unspecified atom stereocenters. The van der Waals surface area contributed by atoms with Crippen molar-refractivity contribution in [2.75, 3.05) is 13.1 Å². The minimum atomic E-state index is -0.171. The molecule has 76 valence electrons. The van der Waals surface area contributed by atoms with Crippen molar-refractivity contribution in [1.82, 2.24) is 10.3 Å². The van der Waals surface area contributed by atoms with Crippen molar-refractivity contribution in [2.45, 2.75) is 19.8 Å². The standard InChI is InChI=1S/C11H16N2O/c1-11(4-7-12-8-5-11)10(14)9-3-2-6-13-9/h2-3,6,12-13H,4-5,7-8H2,1H3. The molecule has 2 rings (SSSR count). The van der Waals surface area contributed by atoms with Crippen LogP contribution in [0.1, 0.15) is 30.3 Å². The van der Waals surface area contributed by atoms with Crippen LogP contribution < -0.4 is 5.32 Å². The molecule has 3 nitrogen and oxygen atoms in total. The number of nitrogens with one attached hydrogen (secondary N) is 2. The van der Waals surface area contributed by atoms with Crippen LogP contribution in [-0.4, -0.2) is 23.9 Å². The van der Waals surface area contributed by atoms with Gasteiger partial charge in [-0.05, 0) is 38.1 Å². The van der Waals surface area contributed by atoms with Crippen LogP contribution in [0.3, 0.4) is 0 Å². The SMILES string of the molecule is CC1(C(=O)c2ccc[nH]2)CCNCC1. The van der Waals surface area contributed by atoms with Gasteiger partial charge < -0.3 is 10.3 Å². The molecule has 0 amide bonds. The van der Waals surface area contributed by atoms with E-state index in [1.54, 1.807) is 6.20 Å². The number of carbonyl (C=O) groups is 1. The highest BCUT2D eigenvalue weighted by molar-refractivity contribution is 5.98. The van der Waals surface area contributed by atoms with Crippen LogP contribution in [0.15, 0.2) is 18.3 Å². The topological polar surface area (TPSA) is 44.9 Å². The Morgan fingerprint density at radius 1 is 1.43 bits per heavy atom. The molecule has 2 heterocycles. The molecular weight excluding hydrogens is 176 g/mol. The van der Waals surface area contributed by atoms with E-state index in [0.717, 1.165) is 31.6 Å². The molecule has 1 saturated heterocycles. The van der Waals surface area contributed by atoms with Crippen molar-refractivity contribution in [1.29, 1.82) is 0 Å². The summed E-state index contributed by atoms with van der Waals surface area (Å²) in [4.78, 5) is 15.1. The zero-order valence-corrected chi connectivity index (χ0v) is 8.47. The van der Waals surface area contributed by atoms with Crippen molar-refractivity contribution >= 4 is 5.78 Å². The fraction of sp³-hybridized carbons (Fsp3) is 0.545. The Kier molecular flexibility index (Phi) is 2.42. The quantitative estimate of drug-likeness (QED) is 0.699. The number of H-pyrrole nitrogens is 1. The summed E-state index contributed by atoms with van der Waals surface area (Å²) in [6, 6.07) is 3.73. The molecule has 0 saturated carbocycles. The fourth-order valence-corrected chi connectivity index (χ4v) is 2.00. The second-order valence-corrected chi connectivity index (χ2v) is 4.22. The molecule has 0 aromatic carbocycles. The average Bonchev–Trinajstić information content (AvgIpc) is 2.70. The van der Waals surface area contributed by atoms with Crippen LogP contribution in [0.4, 0.5) is 0 Å². The highest BCUT2D eigenvalue weighted by Crippen LogP contribution is 2.31. The van der Waals surface area contributed by atoms with E-state index in [4.69, 9.17) is 0 Å². The Bertz CT molecular complexity index is 310. The number of carbonyl (C=O) groups excluding carboxylic acids is 1. The summed E-state index contributed by atoms with van der Waals surface area (Å²) < 4.78 is 0. The fourth-order valence-electron chi connectivity index (χ4n) is 2.00. The normalized spacial score (nSPS) is 20.6. The Balaban J connectivity index is 2.17. The Labute approximate surface area is 83.9 Å². The second-order valence-electron chi connectivity index (χ2n) is 4.22. The second kappa shape index (κ2) is 3.58. The van der Waals surface area contributed by atoms with E-state index in [2.05, 4.69) is 17.2 Å². The van der Waals surface area contributed by atoms with E-state index in [9.17, 15) is 4.79 Å². The number of aromatic nitrogens is 1. The van der Waals surface area contributed by atoms with Crippen molar-refractivity contribution in [3.05, 3.63) is 24.0 Å². The first-order valence-electron chi connectivity index (χ1n) is 5.11. The van der Waals surface area contributed by atoms with Gasteiger partial charge in [-0.1, -0.05) is 6.92 Å². The summed E-state index contributed by atoms with van der Waals surface area (Å²) in [5.74, 6) is 0.254. The summed E-state index contributed by atoms with van der Waals surface area (Å²) in [6.45, 7) is 3.96. The number of rotatable bonds is 2. The maximum absolute atomic E-state index is 12.1. The van der Waals surface area contributed by atoms with Crippen LogP contribution in [0.5, 0.6) is 0 Å². The molecule has 1 aromatic heterocycles. The van der Waals surface area contributed by atoms with Gasteiger partial charge >= 0.3 is 0 Å². The molecular formula is C11H16N2O. The zero-order chi connectivity index (χ0) is 10.0. The van der Waals surface area contributed by atoms with Crippen LogP contribution in [0.25, 0.3) is 0 Å². The summed E-state index contributed by atoms with van der Waals surface area (Å²) in [6.07, 6.45) is 3.67. The van der Waals surface area contributed by atoms with E-state index in [1.807, 2.05) is 12.1 Å². The average molecular weight is 192 g/mol. The lowest BCUT2D eigenvalue weighted by molar-refractivity contribution is 0.0757. The molecule has 14 heavy (non-hydrogen) atoms. The third-order valence-electron chi connectivity index (χ3n) is 3.10. The lowest BCUT2D eigenvalue weighted by Crippen LogP contribution is -2.40. The maximum atomic E-state index is 12.1. The lowest BCUT2D eigenvalue weighted by atomic mass is 9.76. The molecule has 2 N–H and O–H groups in total. The highest BCUT2D eigenvalue weighted by Gasteiger charge is 2.35. The minimum absolute atomic E-state index is 0.171. The summed E-state index contributed by atoms with van der Waals surface area (Å²) in [5, 5.41) is 3.28. The Morgan fingerprint density at radius 2 is 2.14 bits per heavy atom. The number of piperidine rings is 1. The van der Waals surface area contributed by atoms with Gasteiger partial charge in [-0.2, -0.15) is 0 Å². The number of ketones is 1. The minimum Gasteiger partial charge on any atom is -0.359 e. The van der Waals surface area contributed by atoms with Crippen molar-refractivity contribution in [3.8, 4) is 0 Å². The molecule has 1 aliphatic heterocycles. The Morgan fingerprint density at radius 3 is 2.71 bits per heavy atom. The van der Waals surface area contributed by atoms with E-state index >= 15 is 0 Å².